The molecular weight excluding hydrogens is 328 g/mol. The summed E-state index contributed by atoms with van der Waals surface area (Å²) in [5, 5.41) is 0. The fourth-order valence-electron chi connectivity index (χ4n) is 3.49. The molecule has 1 aliphatic heterocycles. The van der Waals surface area contributed by atoms with Crippen LogP contribution in [0.2, 0.25) is 0 Å². The fraction of sp³-hybridized carbons (Fsp3) is 0.619. The molecule has 3 rings (SSSR count). The van der Waals surface area contributed by atoms with E-state index < -0.39 is 5.60 Å². The highest BCUT2D eigenvalue weighted by Crippen LogP contribution is 2.47. The molecule has 1 saturated carbocycles. The molecule has 0 bridgehead atoms. The third-order valence-corrected chi connectivity index (χ3v) is 5.33. The lowest BCUT2D eigenvalue weighted by Crippen LogP contribution is -2.58. The van der Waals surface area contributed by atoms with Crippen molar-refractivity contribution in [3.63, 3.8) is 0 Å². The van der Waals surface area contributed by atoms with E-state index in [1.807, 2.05) is 69.9 Å². The van der Waals surface area contributed by atoms with Gasteiger partial charge in [0.05, 0.1) is 6.04 Å². The van der Waals surface area contributed by atoms with Gasteiger partial charge in [0.2, 0.25) is 5.91 Å². The maximum absolute atomic E-state index is 13.0. The summed E-state index contributed by atoms with van der Waals surface area (Å²) in [4.78, 5) is 29.5. The van der Waals surface area contributed by atoms with Crippen molar-refractivity contribution in [3.05, 3.63) is 35.9 Å². The third-order valence-electron chi connectivity index (χ3n) is 5.33. The van der Waals surface area contributed by atoms with Gasteiger partial charge in [-0.1, -0.05) is 37.3 Å². The summed E-state index contributed by atoms with van der Waals surface area (Å²) >= 11 is 0. The first-order chi connectivity index (χ1) is 12.1. The summed E-state index contributed by atoms with van der Waals surface area (Å²) in [6.07, 6.45) is 1.60. The van der Waals surface area contributed by atoms with Gasteiger partial charge < -0.3 is 9.64 Å². The van der Waals surface area contributed by atoms with Crippen molar-refractivity contribution in [2.75, 3.05) is 13.1 Å². The standard InChI is InChI=1S/C21H30N2O3/c1-15-13-23(19(25)26-20(2,3)4)17(16-9-7-6-8-10-16)14-22(15)18(24)21(5)11-12-21/h6-10,15,17H,11-14H2,1-5H3/t15-,17+/m1/s1. The molecule has 2 atom stereocenters. The normalized spacial score (nSPS) is 25.0. The fourth-order valence-corrected chi connectivity index (χ4v) is 3.49. The maximum atomic E-state index is 13.0. The van der Waals surface area contributed by atoms with Crippen LogP contribution in [-0.4, -0.2) is 46.5 Å². The van der Waals surface area contributed by atoms with Gasteiger partial charge in [-0.3, -0.25) is 9.69 Å². The molecule has 5 heteroatoms. The molecule has 1 aromatic rings. The number of nitrogens with zero attached hydrogens (tertiary/aromatic N) is 2. The van der Waals surface area contributed by atoms with Gasteiger partial charge in [-0.2, -0.15) is 0 Å². The molecule has 0 unspecified atom stereocenters. The highest BCUT2D eigenvalue weighted by Gasteiger charge is 2.50. The summed E-state index contributed by atoms with van der Waals surface area (Å²) < 4.78 is 5.64. The lowest BCUT2D eigenvalue weighted by Gasteiger charge is -2.46. The number of rotatable bonds is 2. The molecule has 1 saturated heterocycles. The van der Waals surface area contributed by atoms with Gasteiger partial charge in [0.25, 0.3) is 0 Å². The summed E-state index contributed by atoms with van der Waals surface area (Å²) in [5.74, 6) is 0.217. The van der Waals surface area contributed by atoms with E-state index in [9.17, 15) is 9.59 Å². The van der Waals surface area contributed by atoms with Gasteiger partial charge >= 0.3 is 6.09 Å². The molecule has 1 heterocycles. The minimum Gasteiger partial charge on any atom is -0.444 e. The molecule has 5 nitrogen and oxygen atoms in total. The number of carbonyl (C=O) groups excluding carboxylic acids is 2. The first kappa shape index (κ1) is 18.7. The Labute approximate surface area is 156 Å². The number of ether oxygens (including phenoxy) is 1. The third kappa shape index (κ3) is 3.87. The second kappa shape index (κ2) is 6.60. The Morgan fingerprint density at radius 1 is 1.08 bits per heavy atom. The SMILES string of the molecule is C[C@@H]1CN(C(=O)OC(C)(C)C)[C@H](c2ccccc2)CN1C(=O)C1(C)CC1. The number of benzene rings is 1. The Morgan fingerprint density at radius 3 is 2.23 bits per heavy atom. The van der Waals surface area contributed by atoms with Crippen molar-refractivity contribution in [1.82, 2.24) is 9.80 Å². The van der Waals surface area contributed by atoms with Crippen LogP contribution < -0.4 is 0 Å². The minimum atomic E-state index is -0.546. The second-order valence-corrected chi connectivity index (χ2v) is 8.93. The van der Waals surface area contributed by atoms with Gasteiger partial charge in [-0.15, -0.1) is 0 Å². The zero-order valence-electron chi connectivity index (χ0n) is 16.5. The van der Waals surface area contributed by atoms with Crippen LogP contribution >= 0.6 is 0 Å². The summed E-state index contributed by atoms with van der Waals surface area (Å²) in [6, 6.07) is 9.71. The highest BCUT2D eigenvalue weighted by atomic mass is 16.6. The maximum Gasteiger partial charge on any atom is 0.410 e. The van der Waals surface area contributed by atoms with Crippen molar-refractivity contribution < 1.29 is 14.3 Å². The zero-order valence-corrected chi connectivity index (χ0v) is 16.5. The molecule has 2 fully saturated rings. The van der Waals surface area contributed by atoms with E-state index in [-0.39, 0.29) is 29.5 Å². The van der Waals surface area contributed by atoms with Gasteiger partial charge in [0.15, 0.2) is 0 Å². The van der Waals surface area contributed by atoms with Gasteiger partial charge in [-0.25, -0.2) is 4.79 Å². The van der Waals surface area contributed by atoms with E-state index in [0.717, 1.165) is 18.4 Å². The van der Waals surface area contributed by atoms with E-state index in [2.05, 4.69) is 0 Å². The van der Waals surface area contributed by atoms with Gasteiger partial charge in [0.1, 0.15) is 5.60 Å². The van der Waals surface area contributed by atoms with Crippen LogP contribution in [0.1, 0.15) is 59.1 Å². The molecule has 1 aliphatic carbocycles. The van der Waals surface area contributed by atoms with Crippen LogP contribution in [0, 0.1) is 5.41 Å². The Kier molecular flexibility index (Phi) is 4.76. The molecule has 26 heavy (non-hydrogen) atoms. The van der Waals surface area contributed by atoms with E-state index in [0.29, 0.717) is 13.1 Å². The van der Waals surface area contributed by atoms with Crippen molar-refractivity contribution in [1.29, 1.82) is 0 Å². The first-order valence-corrected chi connectivity index (χ1v) is 9.46. The van der Waals surface area contributed by atoms with E-state index >= 15 is 0 Å². The van der Waals surface area contributed by atoms with Crippen LogP contribution in [0.4, 0.5) is 4.79 Å². The van der Waals surface area contributed by atoms with Gasteiger partial charge in [-0.05, 0) is 46.1 Å². The van der Waals surface area contributed by atoms with Crippen molar-refractivity contribution >= 4 is 12.0 Å². The van der Waals surface area contributed by atoms with E-state index in [1.165, 1.54) is 0 Å². The molecular formula is C21H30N2O3. The Hall–Kier alpha value is -2.04. The Bertz CT molecular complexity index is 676. The quantitative estimate of drug-likeness (QED) is 0.803. The predicted octanol–water partition coefficient (Wildman–Crippen LogP) is 4.00. The van der Waals surface area contributed by atoms with Crippen LogP contribution in [0.25, 0.3) is 0 Å². The summed E-state index contributed by atoms with van der Waals surface area (Å²) in [6.45, 7) is 10.7. The van der Waals surface area contributed by atoms with Crippen molar-refractivity contribution in [2.45, 2.75) is 65.1 Å². The number of amides is 2. The molecule has 2 aliphatic rings. The molecule has 0 N–H and O–H groups in total. The van der Waals surface area contributed by atoms with Crippen LogP contribution in [-0.2, 0) is 9.53 Å². The lowest BCUT2D eigenvalue weighted by molar-refractivity contribution is -0.142. The van der Waals surface area contributed by atoms with Crippen LogP contribution in [0.3, 0.4) is 0 Å². The topological polar surface area (TPSA) is 49.9 Å². The predicted molar refractivity (Wildman–Crippen MR) is 101 cm³/mol. The summed E-state index contributed by atoms with van der Waals surface area (Å²) in [7, 11) is 0. The van der Waals surface area contributed by atoms with Crippen molar-refractivity contribution in [2.24, 2.45) is 5.41 Å². The molecule has 0 spiro atoms. The molecule has 142 valence electrons. The largest absolute Gasteiger partial charge is 0.444 e. The van der Waals surface area contributed by atoms with Crippen molar-refractivity contribution in [3.8, 4) is 0 Å². The Morgan fingerprint density at radius 2 is 1.69 bits per heavy atom. The van der Waals surface area contributed by atoms with Crippen LogP contribution in [0.15, 0.2) is 30.3 Å². The Balaban J connectivity index is 1.87. The average molecular weight is 358 g/mol. The van der Waals surface area contributed by atoms with E-state index in [1.54, 1.807) is 4.90 Å². The number of hydrogen-bond acceptors (Lipinski definition) is 3. The number of hydrogen-bond donors (Lipinski definition) is 0. The lowest BCUT2D eigenvalue weighted by atomic mass is 9.97. The molecule has 0 aromatic heterocycles. The smallest absolute Gasteiger partial charge is 0.410 e. The van der Waals surface area contributed by atoms with Crippen LogP contribution in [0.5, 0.6) is 0 Å². The molecule has 1 aromatic carbocycles. The molecule has 2 amide bonds. The van der Waals surface area contributed by atoms with Gasteiger partial charge in [0, 0.05) is 24.5 Å². The minimum absolute atomic E-state index is 0.0209. The summed E-state index contributed by atoms with van der Waals surface area (Å²) in [5.41, 5.74) is 0.281. The second-order valence-electron chi connectivity index (χ2n) is 8.93. The number of carbonyl (C=O) groups is 2. The number of piperazine rings is 1. The monoisotopic (exact) mass is 358 g/mol. The average Bonchev–Trinajstić information content (AvgIpc) is 3.32. The zero-order chi connectivity index (χ0) is 19.1. The highest BCUT2D eigenvalue weighted by molar-refractivity contribution is 5.85. The first-order valence-electron chi connectivity index (χ1n) is 9.46. The molecule has 0 radical (unpaired) electrons. The van der Waals surface area contributed by atoms with E-state index in [4.69, 9.17) is 4.74 Å².